The monoisotopic (exact) mass is 483 g/mol. The highest BCUT2D eigenvalue weighted by atomic mass is 19.1. The fourth-order valence-corrected chi connectivity index (χ4v) is 4.10. The number of nitrogens with one attached hydrogen (secondary N) is 1. The van der Waals surface area contributed by atoms with E-state index in [0.29, 0.717) is 6.54 Å². The molecule has 0 atom stereocenters. The van der Waals surface area contributed by atoms with E-state index in [-0.39, 0.29) is 23.4 Å². The quantitative estimate of drug-likeness (QED) is 0.385. The average molecular weight is 484 g/mol. The van der Waals surface area contributed by atoms with Crippen LogP contribution in [0, 0.1) is 5.82 Å². The molecule has 0 unspecified atom stereocenters. The Kier molecular flexibility index (Phi) is 6.27. The average Bonchev–Trinajstić information content (AvgIpc) is 3.29. The Bertz CT molecular complexity index is 1660. The highest BCUT2D eigenvalue weighted by Crippen LogP contribution is 2.13. The molecular weight excluding hydrogens is 461 g/mol. The molecule has 180 valence electrons. The van der Waals surface area contributed by atoms with Crippen molar-refractivity contribution >= 4 is 22.8 Å². The van der Waals surface area contributed by atoms with Gasteiger partial charge in [-0.2, -0.15) is 0 Å². The molecular formula is C27H22FN5O3. The van der Waals surface area contributed by atoms with Gasteiger partial charge in [0.2, 0.25) is 5.91 Å². The van der Waals surface area contributed by atoms with E-state index in [1.807, 2.05) is 60.7 Å². The first-order valence-corrected chi connectivity index (χ1v) is 11.3. The Morgan fingerprint density at radius 2 is 1.50 bits per heavy atom. The Hall–Kier alpha value is -4.79. The van der Waals surface area contributed by atoms with Crippen molar-refractivity contribution in [2.45, 2.75) is 19.6 Å². The summed E-state index contributed by atoms with van der Waals surface area (Å²) in [5.41, 5.74) is 1.20. The molecule has 2 aromatic heterocycles. The van der Waals surface area contributed by atoms with Crippen LogP contribution in [0.1, 0.15) is 11.1 Å². The number of carbonyl (C=O) groups excluding carboxylic acids is 1. The third-order valence-corrected chi connectivity index (χ3v) is 5.77. The minimum atomic E-state index is -0.657. The Labute approximate surface area is 204 Å². The molecule has 2 heterocycles. The van der Waals surface area contributed by atoms with Crippen LogP contribution in [-0.4, -0.2) is 24.6 Å². The molecule has 9 heteroatoms. The number of nitrogens with zero attached hydrogens (tertiary/aromatic N) is 4. The Morgan fingerprint density at radius 3 is 2.17 bits per heavy atom. The van der Waals surface area contributed by atoms with Gasteiger partial charge in [0.05, 0.1) is 12.9 Å². The van der Waals surface area contributed by atoms with Crippen molar-refractivity contribution in [2.24, 2.45) is 0 Å². The summed E-state index contributed by atoms with van der Waals surface area (Å²) in [6.07, 6.45) is 1.52. The summed E-state index contributed by atoms with van der Waals surface area (Å²) < 4.78 is 17.5. The van der Waals surface area contributed by atoms with Gasteiger partial charge in [-0.25, -0.2) is 18.7 Å². The molecule has 0 radical (unpaired) electrons. The molecule has 0 aliphatic heterocycles. The maximum absolute atomic E-state index is 13.5. The smallest absolute Gasteiger partial charge is 0.324 e. The van der Waals surface area contributed by atoms with E-state index in [9.17, 15) is 18.8 Å². The number of aromatic nitrogens is 4. The number of hydrogen-bond acceptors (Lipinski definition) is 4. The first-order valence-electron chi connectivity index (χ1n) is 11.3. The lowest BCUT2D eigenvalue weighted by atomic mass is 10.2. The van der Waals surface area contributed by atoms with Crippen molar-refractivity contribution < 1.29 is 9.18 Å². The van der Waals surface area contributed by atoms with Gasteiger partial charge in [0.15, 0.2) is 11.2 Å². The number of imidazole rings is 1. The normalized spacial score (nSPS) is 11.0. The summed E-state index contributed by atoms with van der Waals surface area (Å²) in [5.74, 6) is -1.14. The van der Waals surface area contributed by atoms with Crippen molar-refractivity contribution in [3.63, 3.8) is 0 Å². The highest BCUT2D eigenvalue weighted by molar-refractivity contribution is 5.90. The summed E-state index contributed by atoms with van der Waals surface area (Å²) in [7, 11) is 0. The van der Waals surface area contributed by atoms with Gasteiger partial charge in [0.25, 0.3) is 5.56 Å². The van der Waals surface area contributed by atoms with Gasteiger partial charge < -0.3 is 9.88 Å². The Balaban J connectivity index is 1.59. The topological polar surface area (TPSA) is 90.9 Å². The van der Waals surface area contributed by atoms with Crippen LogP contribution in [0.3, 0.4) is 0 Å². The van der Waals surface area contributed by atoms with Gasteiger partial charge in [-0.1, -0.05) is 66.7 Å². The zero-order valence-corrected chi connectivity index (χ0v) is 19.2. The van der Waals surface area contributed by atoms with Crippen LogP contribution in [0.25, 0.3) is 11.2 Å². The molecule has 3 aromatic carbocycles. The molecule has 1 N–H and O–H groups in total. The maximum atomic E-state index is 13.5. The van der Waals surface area contributed by atoms with Crippen LogP contribution in [0.5, 0.6) is 0 Å². The van der Waals surface area contributed by atoms with Crippen molar-refractivity contribution in [1.82, 2.24) is 18.7 Å². The van der Waals surface area contributed by atoms with E-state index >= 15 is 0 Å². The summed E-state index contributed by atoms with van der Waals surface area (Å²) in [6.45, 7) is 0.00531. The number of amides is 1. The number of benzene rings is 3. The van der Waals surface area contributed by atoms with Gasteiger partial charge in [0, 0.05) is 12.2 Å². The van der Waals surface area contributed by atoms with Crippen LogP contribution < -0.4 is 16.6 Å². The predicted molar refractivity (Wildman–Crippen MR) is 134 cm³/mol. The van der Waals surface area contributed by atoms with E-state index in [1.165, 1.54) is 29.1 Å². The molecule has 0 spiro atoms. The fraction of sp³-hybridized carbons (Fsp3) is 0.111. The number of carbonyl (C=O) groups is 1. The molecule has 36 heavy (non-hydrogen) atoms. The second kappa shape index (κ2) is 9.83. The van der Waals surface area contributed by atoms with Crippen LogP contribution in [0.2, 0.25) is 0 Å². The largest absolute Gasteiger partial charge is 0.333 e. The number of anilines is 1. The van der Waals surface area contributed by atoms with Gasteiger partial charge in [-0.05, 0) is 29.3 Å². The zero-order valence-electron chi connectivity index (χ0n) is 19.2. The lowest BCUT2D eigenvalue weighted by Crippen LogP contribution is -2.43. The van der Waals surface area contributed by atoms with Crippen LogP contribution in [0.4, 0.5) is 10.1 Å². The molecule has 0 aliphatic carbocycles. The zero-order chi connectivity index (χ0) is 25.1. The van der Waals surface area contributed by atoms with E-state index in [2.05, 4.69) is 10.3 Å². The highest BCUT2D eigenvalue weighted by Gasteiger charge is 2.20. The molecule has 0 saturated carbocycles. The molecule has 0 saturated heterocycles. The van der Waals surface area contributed by atoms with Gasteiger partial charge in [0.1, 0.15) is 12.4 Å². The minimum Gasteiger partial charge on any atom is -0.324 e. The first-order chi connectivity index (χ1) is 17.5. The molecule has 1 amide bonds. The molecule has 5 aromatic rings. The molecule has 0 bridgehead atoms. The van der Waals surface area contributed by atoms with Crippen molar-refractivity contribution in [1.29, 1.82) is 0 Å². The van der Waals surface area contributed by atoms with Gasteiger partial charge >= 0.3 is 5.69 Å². The van der Waals surface area contributed by atoms with Gasteiger partial charge in [-0.15, -0.1) is 0 Å². The van der Waals surface area contributed by atoms with Crippen LogP contribution >= 0.6 is 0 Å². The summed E-state index contributed by atoms with van der Waals surface area (Å²) >= 11 is 0. The lowest BCUT2D eigenvalue weighted by Gasteiger charge is -2.13. The molecule has 8 nitrogen and oxygen atoms in total. The van der Waals surface area contributed by atoms with E-state index in [1.54, 1.807) is 4.57 Å². The number of halogens is 1. The van der Waals surface area contributed by atoms with E-state index < -0.39 is 29.5 Å². The maximum Gasteiger partial charge on any atom is 0.333 e. The third kappa shape index (κ3) is 4.72. The minimum absolute atomic E-state index is 0.171. The molecule has 0 aliphatic rings. The Morgan fingerprint density at radius 1 is 0.833 bits per heavy atom. The second-order valence-electron chi connectivity index (χ2n) is 8.33. The standard InChI is InChI=1S/C27H22FN5O3/c28-21-12-7-13-22(14-21)30-23(34)17-33-26(35)24-25(29-18-31(24)15-19-8-3-1-4-9-19)32(27(33)36)16-20-10-5-2-6-11-20/h1-14,18H,15-17H2,(H,30,34). The predicted octanol–water partition coefficient (Wildman–Crippen LogP) is 3.23. The number of hydrogen-bond donors (Lipinski definition) is 1. The SMILES string of the molecule is O=C(Cn1c(=O)c2c(ncn2Cc2ccccc2)n(Cc2ccccc2)c1=O)Nc1cccc(F)c1. The number of fused-ring (bicyclic) bond motifs is 1. The van der Waals surface area contributed by atoms with Crippen LogP contribution in [0.15, 0.2) is 101 Å². The lowest BCUT2D eigenvalue weighted by molar-refractivity contribution is -0.116. The summed E-state index contributed by atoms with van der Waals surface area (Å²) in [6, 6.07) is 24.3. The van der Waals surface area contributed by atoms with E-state index in [4.69, 9.17) is 0 Å². The third-order valence-electron chi connectivity index (χ3n) is 5.77. The van der Waals surface area contributed by atoms with Crippen molar-refractivity contribution in [3.8, 4) is 0 Å². The van der Waals surface area contributed by atoms with Crippen LogP contribution in [-0.2, 0) is 24.4 Å². The van der Waals surface area contributed by atoms with Crippen molar-refractivity contribution in [3.05, 3.63) is 129 Å². The van der Waals surface area contributed by atoms with Crippen molar-refractivity contribution in [2.75, 3.05) is 5.32 Å². The summed E-state index contributed by atoms with van der Waals surface area (Å²) in [5, 5.41) is 2.54. The first kappa shape index (κ1) is 23.0. The van der Waals surface area contributed by atoms with E-state index in [0.717, 1.165) is 21.8 Å². The van der Waals surface area contributed by atoms with Gasteiger partial charge in [-0.3, -0.25) is 14.2 Å². The number of rotatable bonds is 7. The molecule has 5 rings (SSSR count). The second-order valence-corrected chi connectivity index (χ2v) is 8.33. The molecule has 0 fully saturated rings. The summed E-state index contributed by atoms with van der Waals surface area (Å²) in [4.78, 5) is 44.1. The fourth-order valence-electron chi connectivity index (χ4n) is 4.10.